The predicted octanol–water partition coefficient (Wildman–Crippen LogP) is 1.98. The monoisotopic (exact) mass is 249 g/mol. The molecule has 2 aliphatic heterocycles. The molecule has 2 heterocycles. The van der Waals surface area contributed by atoms with Gasteiger partial charge in [0.15, 0.2) is 11.5 Å². The van der Waals surface area contributed by atoms with Crippen molar-refractivity contribution in [1.29, 1.82) is 0 Å². The molecule has 0 unspecified atom stereocenters. The Labute approximate surface area is 107 Å². The molecule has 98 valence electrons. The van der Waals surface area contributed by atoms with Crippen molar-refractivity contribution in [2.75, 3.05) is 19.8 Å². The summed E-state index contributed by atoms with van der Waals surface area (Å²) in [6, 6.07) is 6.34. The van der Waals surface area contributed by atoms with Gasteiger partial charge in [0.2, 0.25) is 0 Å². The number of piperidine rings is 1. The Morgan fingerprint density at radius 2 is 2.06 bits per heavy atom. The van der Waals surface area contributed by atoms with Crippen LogP contribution in [0.5, 0.6) is 17.2 Å². The van der Waals surface area contributed by atoms with Crippen LogP contribution < -0.4 is 19.5 Å². The second-order valence-corrected chi connectivity index (χ2v) is 4.92. The van der Waals surface area contributed by atoms with E-state index in [1.807, 2.05) is 18.2 Å². The molecule has 2 aliphatic rings. The van der Waals surface area contributed by atoms with Gasteiger partial charge in [0.1, 0.15) is 25.1 Å². The summed E-state index contributed by atoms with van der Waals surface area (Å²) in [5.74, 6) is 2.48. The highest BCUT2D eigenvalue weighted by molar-refractivity contribution is 5.46. The zero-order valence-corrected chi connectivity index (χ0v) is 10.6. The van der Waals surface area contributed by atoms with Crippen LogP contribution >= 0.6 is 0 Å². The first-order valence-electron chi connectivity index (χ1n) is 6.61. The molecule has 1 saturated heterocycles. The van der Waals surface area contributed by atoms with Crippen molar-refractivity contribution in [2.45, 2.75) is 31.9 Å². The number of nitrogens with one attached hydrogen (secondary N) is 1. The molecule has 1 N–H and O–H groups in total. The van der Waals surface area contributed by atoms with Gasteiger partial charge in [0, 0.05) is 12.1 Å². The minimum Gasteiger partial charge on any atom is -0.490 e. The molecule has 0 amide bonds. The number of benzene rings is 1. The highest BCUT2D eigenvalue weighted by atomic mass is 16.6. The Morgan fingerprint density at radius 1 is 1.22 bits per heavy atom. The van der Waals surface area contributed by atoms with E-state index in [1.54, 1.807) is 0 Å². The summed E-state index contributed by atoms with van der Waals surface area (Å²) in [7, 11) is 0. The minimum absolute atomic E-state index is 0.295. The average Bonchev–Trinajstić information content (AvgIpc) is 2.39. The fourth-order valence-electron chi connectivity index (χ4n) is 2.48. The quantitative estimate of drug-likeness (QED) is 0.870. The molecule has 0 spiro atoms. The molecule has 18 heavy (non-hydrogen) atoms. The fourth-order valence-corrected chi connectivity index (χ4v) is 2.48. The molecular formula is C14H19NO3. The van der Waals surface area contributed by atoms with E-state index in [0.29, 0.717) is 25.4 Å². The van der Waals surface area contributed by atoms with Gasteiger partial charge in [-0.2, -0.15) is 0 Å². The number of ether oxygens (including phenoxy) is 3. The predicted molar refractivity (Wildman–Crippen MR) is 68.5 cm³/mol. The van der Waals surface area contributed by atoms with Crippen LogP contribution in [0.15, 0.2) is 18.2 Å². The topological polar surface area (TPSA) is 39.7 Å². The summed E-state index contributed by atoms with van der Waals surface area (Å²) in [4.78, 5) is 0. The Kier molecular flexibility index (Phi) is 3.28. The molecule has 0 aromatic heterocycles. The first-order chi connectivity index (χ1) is 8.81. The van der Waals surface area contributed by atoms with Gasteiger partial charge in [-0.3, -0.25) is 0 Å². The number of rotatable bonds is 2. The van der Waals surface area contributed by atoms with Crippen molar-refractivity contribution in [1.82, 2.24) is 5.32 Å². The highest BCUT2D eigenvalue weighted by Crippen LogP contribution is 2.34. The molecule has 1 aromatic carbocycles. The van der Waals surface area contributed by atoms with Crippen LogP contribution in [0.25, 0.3) is 0 Å². The molecule has 3 rings (SSSR count). The summed E-state index contributed by atoms with van der Waals surface area (Å²) in [5, 5.41) is 3.42. The number of hydrogen-bond acceptors (Lipinski definition) is 4. The lowest BCUT2D eigenvalue weighted by Crippen LogP contribution is -2.40. The van der Waals surface area contributed by atoms with Crippen LogP contribution in [-0.4, -0.2) is 31.9 Å². The highest BCUT2D eigenvalue weighted by Gasteiger charge is 2.20. The number of fused-ring (bicyclic) bond motifs is 1. The Hall–Kier alpha value is -1.42. The number of hydrogen-bond donors (Lipinski definition) is 1. The van der Waals surface area contributed by atoms with E-state index in [0.717, 1.165) is 36.6 Å². The summed E-state index contributed by atoms with van der Waals surface area (Å²) >= 11 is 0. The van der Waals surface area contributed by atoms with Crippen LogP contribution in [0.1, 0.15) is 19.8 Å². The standard InChI is InChI=1S/C14H19NO3/c1-10-8-12(4-5-15-10)18-11-2-3-13-14(9-11)17-7-6-16-13/h2-3,9-10,12,15H,4-8H2,1H3/t10-,12+/m0/s1. The van der Waals surface area contributed by atoms with Crippen molar-refractivity contribution >= 4 is 0 Å². The van der Waals surface area contributed by atoms with Gasteiger partial charge in [-0.15, -0.1) is 0 Å². The van der Waals surface area contributed by atoms with Crippen molar-refractivity contribution in [3.63, 3.8) is 0 Å². The lowest BCUT2D eigenvalue weighted by Gasteiger charge is -2.29. The molecule has 0 bridgehead atoms. The smallest absolute Gasteiger partial charge is 0.165 e. The third-order valence-electron chi connectivity index (χ3n) is 3.39. The lowest BCUT2D eigenvalue weighted by atomic mass is 10.0. The van der Waals surface area contributed by atoms with E-state index in [2.05, 4.69) is 12.2 Å². The normalized spacial score (nSPS) is 26.7. The zero-order valence-electron chi connectivity index (χ0n) is 10.6. The van der Waals surface area contributed by atoms with Crippen molar-refractivity contribution < 1.29 is 14.2 Å². The van der Waals surface area contributed by atoms with Gasteiger partial charge in [-0.1, -0.05) is 0 Å². The van der Waals surface area contributed by atoms with E-state index in [4.69, 9.17) is 14.2 Å². The largest absolute Gasteiger partial charge is 0.490 e. The summed E-state index contributed by atoms with van der Waals surface area (Å²) in [6.45, 7) is 4.45. The Balaban J connectivity index is 1.69. The van der Waals surface area contributed by atoms with Crippen molar-refractivity contribution in [2.24, 2.45) is 0 Å². The molecule has 2 atom stereocenters. The fraction of sp³-hybridized carbons (Fsp3) is 0.571. The molecule has 4 heteroatoms. The SMILES string of the molecule is C[C@H]1C[C@H](Oc2ccc3c(c2)OCCO3)CCN1. The third kappa shape index (κ3) is 2.53. The Bertz CT molecular complexity index is 422. The van der Waals surface area contributed by atoms with E-state index in [-0.39, 0.29) is 0 Å². The summed E-state index contributed by atoms with van der Waals surface area (Å²) < 4.78 is 17.1. The van der Waals surface area contributed by atoms with Crippen LogP contribution in [0.2, 0.25) is 0 Å². The maximum atomic E-state index is 6.02. The second-order valence-electron chi connectivity index (χ2n) is 4.92. The lowest BCUT2D eigenvalue weighted by molar-refractivity contribution is 0.140. The van der Waals surface area contributed by atoms with E-state index >= 15 is 0 Å². The Morgan fingerprint density at radius 3 is 2.89 bits per heavy atom. The van der Waals surface area contributed by atoms with Crippen LogP contribution in [0.3, 0.4) is 0 Å². The van der Waals surface area contributed by atoms with E-state index in [9.17, 15) is 0 Å². The van der Waals surface area contributed by atoms with Gasteiger partial charge in [0.25, 0.3) is 0 Å². The van der Waals surface area contributed by atoms with Crippen LogP contribution in [0, 0.1) is 0 Å². The van der Waals surface area contributed by atoms with Gasteiger partial charge < -0.3 is 19.5 Å². The minimum atomic E-state index is 0.295. The molecule has 0 radical (unpaired) electrons. The van der Waals surface area contributed by atoms with Crippen molar-refractivity contribution in [3.8, 4) is 17.2 Å². The maximum absolute atomic E-state index is 6.02. The first-order valence-corrected chi connectivity index (χ1v) is 6.61. The first kappa shape index (κ1) is 11.7. The van der Waals surface area contributed by atoms with Crippen molar-refractivity contribution in [3.05, 3.63) is 18.2 Å². The van der Waals surface area contributed by atoms with Gasteiger partial charge in [0.05, 0.1) is 0 Å². The molecule has 4 nitrogen and oxygen atoms in total. The van der Waals surface area contributed by atoms with Gasteiger partial charge >= 0.3 is 0 Å². The van der Waals surface area contributed by atoms with E-state index < -0.39 is 0 Å². The molecule has 1 aromatic rings. The summed E-state index contributed by atoms with van der Waals surface area (Å²) in [5.41, 5.74) is 0. The van der Waals surface area contributed by atoms with Crippen LogP contribution in [-0.2, 0) is 0 Å². The molecular weight excluding hydrogens is 230 g/mol. The molecule has 1 fully saturated rings. The second kappa shape index (κ2) is 5.06. The van der Waals surface area contributed by atoms with Gasteiger partial charge in [-0.05, 0) is 38.4 Å². The molecule has 0 saturated carbocycles. The maximum Gasteiger partial charge on any atom is 0.165 e. The van der Waals surface area contributed by atoms with E-state index in [1.165, 1.54) is 0 Å². The molecule has 0 aliphatic carbocycles. The van der Waals surface area contributed by atoms with Crippen LogP contribution in [0.4, 0.5) is 0 Å². The average molecular weight is 249 g/mol. The summed E-state index contributed by atoms with van der Waals surface area (Å²) in [6.07, 6.45) is 2.40. The third-order valence-corrected chi connectivity index (χ3v) is 3.39. The zero-order chi connectivity index (χ0) is 12.4. The van der Waals surface area contributed by atoms with Gasteiger partial charge in [-0.25, -0.2) is 0 Å².